The third-order valence-corrected chi connectivity index (χ3v) is 2.43. The van der Waals surface area contributed by atoms with Gasteiger partial charge in [0.1, 0.15) is 5.82 Å². The van der Waals surface area contributed by atoms with Gasteiger partial charge in [0.05, 0.1) is 12.2 Å². The van der Waals surface area contributed by atoms with Crippen LogP contribution in [0.25, 0.3) is 0 Å². The van der Waals surface area contributed by atoms with Crippen molar-refractivity contribution in [3.8, 4) is 0 Å². The first-order chi connectivity index (χ1) is 7.90. The van der Waals surface area contributed by atoms with E-state index in [4.69, 9.17) is 0 Å². The number of hydrogen-bond donors (Lipinski definition) is 0. The maximum atomic E-state index is 4.34. The summed E-state index contributed by atoms with van der Waals surface area (Å²) in [6.07, 6.45) is 3.64. The minimum absolute atomic E-state index is 0.800. The van der Waals surface area contributed by atoms with Gasteiger partial charge >= 0.3 is 0 Å². The van der Waals surface area contributed by atoms with Crippen LogP contribution in [-0.2, 0) is 6.54 Å². The van der Waals surface area contributed by atoms with Gasteiger partial charge in [0.25, 0.3) is 0 Å². The summed E-state index contributed by atoms with van der Waals surface area (Å²) in [5, 5.41) is 0. The third kappa shape index (κ3) is 2.57. The summed E-state index contributed by atoms with van der Waals surface area (Å²) in [5.74, 6) is 0.996. The maximum absolute atomic E-state index is 4.34. The lowest BCUT2D eigenvalue weighted by Gasteiger charge is -2.21. The Kier molecular flexibility index (Phi) is 3.49. The predicted molar refractivity (Wildman–Crippen MR) is 65.2 cm³/mol. The molecule has 2 heterocycles. The second kappa shape index (κ2) is 5.26. The molecule has 0 atom stereocenters. The van der Waals surface area contributed by atoms with Gasteiger partial charge in [-0.2, -0.15) is 0 Å². The number of hydrogen-bond acceptors (Lipinski definition) is 3. The lowest BCUT2D eigenvalue weighted by atomic mass is 10.3. The molecule has 0 unspecified atom stereocenters. The van der Waals surface area contributed by atoms with Crippen LogP contribution in [-0.4, -0.2) is 16.5 Å². The molecule has 0 fully saturated rings. The minimum atomic E-state index is 0.800. The van der Waals surface area contributed by atoms with E-state index >= 15 is 0 Å². The number of rotatable bonds is 4. The van der Waals surface area contributed by atoms with E-state index < -0.39 is 0 Å². The average Bonchev–Trinajstić information content (AvgIpc) is 2.38. The van der Waals surface area contributed by atoms with E-state index in [9.17, 15) is 0 Å². The van der Waals surface area contributed by atoms with Gasteiger partial charge in [0.2, 0.25) is 0 Å². The molecule has 2 aromatic rings. The van der Waals surface area contributed by atoms with Crippen LogP contribution >= 0.6 is 0 Å². The van der Waals surface area contributed by atoms with E-state index in [-0.39, 0.29) is 0 Å². The van der Waals surface area contributed by atoms with Crippen molar-refractivity contribution in [2.45, 2.75) is 13.5 Å². The molecule has 16 heavy (non-hydrogen) atoms. The zero-order chi connectivity index (χ0) is 11.2. The van der Waals surface area contributed by atoms with Gasteiger partial charge in [-0.05, 0) is 31.2 Å². The molecule has 0 spiro atoms. The van der Waals surface area contributed by atoms with Crippen molar-refractivity contribution in [2.75, 3.05) is 11.4 Å². The summed E-state index contributed by atoms with van der Waals surface area (Å²) in [7, 11) is 0. The van der Waals surface area contributed by atoms with Crippen LogP contribution in [0.4, 0.5) is 5.82 Å². The second-order valence-corrected chi connectivity index (χ2v) is 3.52. The highest BCUT2D eigenvalue weighted by molar-refractivity contribution is 5.37. The van der Waals surface area contributed by atoms with Gasteiger partial charge in [0.15, 0.2) is 0 Å². The van der Waals surface area contributed by atoms with Crippen molar-refractivity contribution in [2.24, 2.45) is 0 Å². The van der Waals surface area contributed by atoms with Crippen LogP contribution in [0.15, 0.2) is 48.8 Å². The van der Waals surface area contributed by atoms with Crippen molar-refractivity contribution in [1.82, 2.24) is 9.97 Å². The van der Waals surface area contributed by atoms with E-state index in [1.54, 1.807) is 0 Å². The van der Waals surface area contributed by atoms with Gasteiger partial charge < -0.3 is 4.90 Å². The molecule has 82 valence electrons. The molecule has 3 heteroatoms. The molecule has 2 aromatic heterocycles. The van der Waals surface area contributed by atoms with Crippen LogP contribution in [0.2, 0.25) is 0 Å². The Bertz CT molecular complexity index is 414. The fourth-order valence-electron chi connectivity index (χ4n) is 1.58. The average molecular weight is 213 g/mol. The fraction of sp³-hybridized carbons (Fsp3) is 0.231. The topological polar surface area (TPSA) is 29.0 Å². The molecule has 0 bridgehead atoms. The van der Waals surface area contributed by atoms with Crippen molar-refractivity contribution >= 4 is 5.82 Å². The summed E-state index contributed by atoms with van der Waals surface area (Å²) in [4.78, 5) is 10.9. The van der Waals surface area contributed by atoms with Crippen molar-refractivity contribution in [1.29, 1.82) is 0 Å². The molecule has 0 aliphatic heterocycles. The Labute approximate surface area is 95.8 Å². The first-order valence-corrected chi connectivity index (χ1v) is 5.46. The summed E-state index contributed by atoms with van der Waals surface area (Å²) in [6, 6.07) is 11.9. The number of pyridine rings is 2. The van der Waals surface area contributed by atoms with Gasteiger partial charge in [-0.15, -0.1) is 0 Å². The van der Waals surface area contributed by atoms with Crippen molar-refractivity contribution in [3.05, 3.63) is 54.5 Å². The highest BCUT2D eigenvalue weighted by Gasteiger charge is 2.05. The molecule has 0 aromatic carbocycles. The lowest BCUT2D eigenvalue weighted by Crippen LogP contribution is -2.23. The maximum Gasteiger partial charge on any atom is 0.128 e. The Morgan fingerprint density at radius 2 is 1.75 bits per heavy atom. The first-order valence-electron chi connectivity index (χ1n) is 5.46. The van der Waals surface area contributed by atoms with Crippen molar-refractivity contribution in [3.63, 3.8) is 0 Å². The van der Waals surface area contributed by atoms with Crippen LogP contribution in [0, 0.1) is 0 Å². The zero-order valence-corrected chi connectivity index (χ0v) is 9.37. The molecule has 0 aliphatic rings. The Balaban J connectivity index is 2.13. The minimum Gasteiger partial charge on any atom is -0.351 e. The Morgan fingerprint density at radius 1 is 1.00 bits per heavy atom. The van der Waals surface area contributed by atoms with Crippen LogP contribution in [0.5, 0.6) is 0 Å². The highest BCUT2D eigenvalue weighted by atomic mass is 15.2. The number of nitrogens with zero attached hydrogens (tertiary/aromatic N) is 3. The molecule has 0 radical (unpaired) electrons. The SMILES string of the molecule is CCN(Cc1ccccn1)c1ccccn1. The largest absolute Gasteiger partial charge is 0.351 e. The van der Waals surface area contributed by atoms with E-state index in [0.29, 0.717) is 0 Å². The molecule has 3 nitrogen and oxygen atoms in total. The Morgan fingerprint density at radius 3 is 2.31 bits per heavy atom. The molecule has 0 N–H and O–H groups in total. The zero-order valence-electron chi connectivity index (χ0n) is 9.37. The molecular weight excluding hydrogens is 198 g/mol. The quantitative estimate of drug-likeness (QED) is 0.781. The van der Waals surface area contributed by atoms with E-state index in [2.05, 4.69) is 21.8 Å². The van der Waals surface area contributed by atoms with Crippen LogP contribution in [0.3, 0.4) is 0 Å². The van der Waals surface area contributed by atoms with Crippen LogP contribution in [0.1, 0.15) is 12.6 Å². The van der Waals surface area contributed by atoms with E-state index in [1.165, 1.54) is 0 Å². The van der Waals surface area contributed by atoms with Gasteiger partial charge in [-0.1, -0.05) is 12.1 Å². The van der Waals surface area contributed by atoms with E-state index in [1.807, 2.05) is 48.8 Å². The first kappa shape index (κ1) is 10.6. The Hall–Kier alpha value is -1.90. The fourth-order valence-corrected chi connectivity index (χ4v) is 1.58. The van der Waals surface area contributed by atoms with Gasteiger partial charge in [0, 0.05) is 18.9 Å². The lowest BCUT2D eigenvalue weighted by molar-refractivity contribution is 0.794. The molecule has 0 amide bonds. The molecule has 0 saturated heterocycles. The third-order valence-electron chi connectivity index (χ3n) is 2.43. The number of aromatic nitrogens is 2. The van der Waals surface area contributed by atoms with E-state index in [0.717, 1.165) is 24.6 Å². The predicted octanol–water partition coefficient (Wildman–Crippen LogP) is 2.50. The second-order valence-electron chi connectivity index (χ2n) is 3.52. The van der Waals surface area contributed by atoms with Gasteiger partial charge in [-0.3, -0.25) is 4.98 Å². The molecular formula is C13H15N3. The summed E-state index contributed by atoms with van der Waals surface area (Å²) in [5.41, 5.74) is 1.06. The van der Waals surface area contributed by atoms with Crippen LogP contribution < -0.4 is 4.90 Å². The monoisotopic (exact) mass is 213 g/mol. The smallest absolute Gasteiger partial charge is 0.128 e. The summed E-state index contributed by atoms with van der Waals surface area (Å²) < 4.78 is 0. The molecule has 0 aliphatic carbocycles. The standard InChI is InChI=1S/C13H15N3/c1-2-16(13-8-4-6-10-15-13)11-12-7-3-5-9-14-12/h3-10H,2,11H2,1H3. The van der Waals surface area contributed by atoms with Gasteiger partial charge in [-0.25, -0.2) is 4.98 Å². The molecule has 0 saturated carbocycles. The summed E-state index contributed by atoms with van der Waals surface area (Å²) in [6.45, 7) is 3.85. The summed E-state index contributed by atoms with van der Waals surface area (Å²) >= 11 is 0. The molecule has 2 rings (SSSR count). The highest BCUT2D eigenvalue weighted by Crippen LogP contribution is 2.11. The normalized spacial score (nSPS) is 10.1. The van der Waals surface area contributed by atoms with Crippen molar-refractivity contribution < 1.29 is 0 Å². The number of anilines is 1.